The topological polar surface area (TPSA) is 0 Å². The molecule has 1 saturated carbocycles. The molecular formula is C13H17F. The van der Waals surface area contributed by atoms with Crippen molar-refractivity contribution in [3.8, 4) is 0 Å². The van der Waals surface area contributed by atoms with Crippen molar-refractivity contribution in [2.75, 3.05) is 0 Å². The van der Waals surface area contributed by atoms with Crippen molar-refractivity contribution in [1.29, 1.82) is 0 Å². The lowest BCUT2D eigenvalue weighted by Crippen LogP contribution is -1.98. The molecule has 1 aliphatic rings. The van der Waals surface area contributed by atoms with Crippen LogP contribution >= 0.6 is 0 Å². The van der Waals surface area contributed by atoms with Gasteiger partial charge in [0.15, 0.2) is 0 Å². The zero-order valence-corrected chi connectivity index (χ0v) is 8.89. The van der Waals surface area contributed by atoms with Crippen LogP contribution in [-0.2, 0) is 6.42 Å². The van der Waals surface area contributed by atoms with E-state index in [-0.39, 0.29) is 5.82 Å². The first-order chi connectivity index (χ1) is 6.66. The zero-order valence-electron chi connectivity index (χ0n) is 8.89. The average Bonchev–Trinajstić information content (AvgIpc) is 2.90. The van der Waals surface area contributed by atoms with E-state index in [9.17, 15) is 4.39 Å². The molecule has 0 saturated heterocycles. The molecule has 0 heterocycles. The Kier molecular flexibility index (Phi) is 2.58. The molecule has 1 fully saturated rings. The lowest BCUT2D eigenvalue weighted by molar-refractivity contribution is 0.572. The molecule has 0 bridgehead atoms. The molecule has 0 N–H and O–H groups in total. The molecule has 1 heteroatoms. The van der Waals surface area contributed by atoms with Gasteiger partial charge in [0.25, 0.3) is 0 Å². The van der Waals surface area contributed by atoms with Gasteiger partial charge in [-0.15, -0.1) is 0 Å². The number of hydrogen-bond acceptors (Lipinski definition) is 0. The van der Waals surface area contributed by atoms with E-state index in [4.69, 9.17) is 0 Å². The highest BCUT2D eigenvalue weighted by molar-refractivity contribution is 5.29. The first-order valence-corrected chi connectivity index (χ1v) is 5.45. The molecule has 14 heavy (non-hydrogen) atoms. The number of halogens is 1. The molecule has 1 aromatic rings. The minimum absolute atomic E-state index is 0.0110. The minimum Gasteiger partial charge on any atom is -0.207 e. The van der Waals surface area contributed by atoms with Gasteiger partial charge in [-0.05, 0) is 48.3 Å². The van der Waals surface area contributed by atoms with Gasteiger partial charge >= 0.3 is 0 Å². The van der Waals surface area contributed by atoms with E-state index in [1.807, 2.05) is 6.07 Å². The third-order valence-corrected chi connectivity index (χ3v) is 2.75. The first-order valence-electron chi connectivity index (χ1n) is 5.45. The van der Waals surface area contributed by atoms with Gasteiger partial charge in [0.1, 0.15) is 5.82 Å². The summed E-state index contributed by atoms with van der Waals surface area (Å²) >= 11 is 0. The molecule has 76 valence electrons. The van der Waals surface area contributed by atoms with E-state index in [2.05, 4.69) is 19.9 Å². The fourth-order valence-electron chi connectivity index (χ4n) is 1.84. The van der Waals surface area contributed by atoms with Gasteiger partial charge in [-0.2, -0.15) is 0 Å². The summed E-state index contributed by atoms with van der Waals surface area (Å²) in [6.07, 6.45) is 3.32. The second kappa shape index (κ2) is 3.72. The predicted octanol–water partition coefficient (Wildman–Crippen LogP) is 3.90. The summed E-state index contributed by atoms with van der Waals surface area (Å²) in [5.74, 6) is 1.16. The van der Waals surface area contributed by atoms with Crippen LogP contribution in [-0.4, -0.2) is 0 Å². The summed E-state index contributed by atoms with van der Waals surface area (Å²) in [4.78, 5) is 0. The van der Waals surface area contributed by atoms with E-state index in [1.165, 1.54) is 18.4 Å². The second-order valence-corrected chi connectivity index (χ2v) is 4.72. The Bertz CT molecular complexity index is 324. The molecule has 0 spiro atoms. The second-order valence-electron chi connectivity index (χ2n) is 4.72. The first kappa shape index (κ1) is 9.70. The van der Waals surface area contributed by atoms with Crippen LogP contribution in [0.5, 0.6) is 0 Å². The fourth-order valence-corrected chi connectivity index (χ4v) is 1.84. The number of rotatable bonds is 3. The summed E-state index contributed by atoms with van der Waals surface area (Å²) in [5.41, 5.74) is 2.06. The van der Waals surface area contributed by atoms with Crippen LogP contribution < -0.4 is 0 Å². The smallest absolute Gasteiger partial charge is 0.126 e. The van der Waals surface area contributed by atoms with Gasteiger partial charge in [0, 0.05) is 0 Å². The van der Waals surface area contributed by atoms with Crippen molar-refractivity contribution < 1.29 is 4.39 Å². The molecule has 0 atom stereocenters. The summed E-state index contributed by atoms with van der Waals surface area (Å²) in [5, 5.41) is 0. The summed E-state index contributed by atoms with van der Waals surface area (Å²) in [6, 6.07) is 5.79. The Morgan fingerprint density at radius 2 is 2.07 bits per heavy atom. The molecule has 0 nitrogen and oxygen atoms in total. The lowest BCUT2D eigenvalue weighted by atomic mass is 10.00. The van der Waals surface area contributed by atoms with Crippen molar-refractivity contribution in [3.05, 3.63) is 35.1 Å². The van der Waals surface area contributed by atoms with Gasteiger partial charge in [0.2, 0.25) is 0 Å². The van der Waals surface area contributed by atoms with Crippen LogP contribution in [0.25, 0.3) is 0 Å². The summed E-state index contributed by atoms with van der Waals surface area (Å²) < 4.78 is 13.6. The Morgan fingerprint density at radius 3 is 2.57 bits per heavy atom. The highest BCUT2D eigenvalue weighted by Gasteiger charge is 2.24. The highest BCUT2D eigenvalue weighted by atomic mass is 19.1. The molecule has 1 aliphatic carbocycles. The van der Waals surface area contributed by atoms with Crippen molar-refractivity contribution in [2.45, 2.75) is 39.0 Å². The standard InChI is InChI=1S/C13H17F/c1-9(2)7-12-6-5-11(8-13(12)14)10-3-4-10/h5-6,8-10H,3-4,7H2,1-2H3. The maximum Gasteiger partial charge on any atom is 0.126 e. The molecule has 1 aromatic carbocycles. The number of benzene rings is 1. The van der Waals surface area contributed by atoms with E-state index in [0.29, 0.717) is 11.8 Å². The van der Waals surface area contributed by atoms with Crippen LogP contribution in [0.1, 0.15) is 43.7 Å². The highest BCUT2D eigenvalue weighted by Crippen LogP contribution is 2.40. The predicted molar refractivity (Wildman–Crippen MR) is 56.9 cm³/mol. The van der Waals surface area contributed by atoms with E-state index >= 15 is 0 Å². The minimum atomic E-state index is -0.0110. The Hall–Kier alpha value is -0.850. The van der Waals surface area contributed by atoms with Crippen molar-refractivity contribution in [3.63, 3.8) is 0 Å². The molecule has 0 aromatic heterocycles. The Labute approximate surface area is 85.1 Å². The summed E-state index contributed by atoms with van der Waals surface area (Å²) in [6.45, 7) is 4.24. The van der Waals surface area contributed by atoms with Gasteiger partial charge in [-0.1, -0.05) is 26.0 Å². The van der Waals surface area contributed by atoms with Gasteiger partial charge in [-0.3, -0.25) is 0 Å². The molecule has 2 rings (SSSR count). The molecule has 0 aliphatic heterocycles. The Balaban J connectivity index is 2.17. The van der Waals surface area contributed by atoms with Crippen molar-refractivity contribution in [1.82, 2.24) is 0 Å². The largest absolute Gasteiger partial charge is 0.207 e. The fraction of sp³-hybridized carbons (Fsp3) is 0.538. The van der Waals surface area contributed by atoms with E-state index in [0.717, 1.165) is 12.0 Å². The van der Waals surface area contributed by atoms with E-state index < -0.39 is 0 Å². The Morgan fingerprint density at radius 1 is 1.36 bits per heavy atom. The van der Waals surface area contributed by atoms with Crippen molar-refractivity contribution >= 4 is 0 Å². The normalized spacial score (nSPS) is 16.3. The van der Waals surface area contributed by atoms with Gasteiger partial charge in [-0.25, -0.2) is 4.39 Å². The maximum atomic E-state index is 13.6. The third-order valence-electron chi connectivity index (χ3n) is 2.75. The van der Waals surface area contributed by atoms with E-state index in [1.54, 1.807) is 6.07 Å². The number of hydrogen-bond donors (Lipinski definition) is 0. The van der Waals surface area contributed by atoms with Crippen LogP contribution in [0.2, 0.25) is 0 Å². The van der Waals surface area contributed by atoms with Gasteiger partial charge < -0.3 is 0 Å². The molecular weight excluding hydrogens is 175 g/mol. The van der Waals surface area contributed by atoms with Gasteiger partial charge in [0.05, 0.1) is 0 Å². The van der Waals surface area contributed by atoms with Crippen molar-refractivity contribution in [2.24, 2.45) is 5.92 Å². The lowest BCUT2D eigenvalue weighted by Gasteiger charge is -2.07. The monoisotopic (exact) mass is 192 g/mol. The maximum absolute atomic E-state index is 13.6. The van der Waals surface area contributed by atoms with Crippen LogP contribution in [0, 0.1) is 11.7 Å². The molecule has 0 unspecified atom stereocenters. The zero-order chi connectivity index (χ0) is 10.1. The summed E-state index contributed by atoms with van der Waals surface area (Å²) in [7, 11) is 0. The molecule has 0 radical (unpaired) electrons. The molecule has 0 amide bonds. The van der Waals surface area contributed by atoms with Crippen LogP contribution in [0.4, 0.5) is 4.39 Å². The quantitative estimate of drug-likeness (QED) is 0.681. The van der Waals surface area contributed by atoms with Crippen LogP contribution in [0.15, 0.2) is 18.2 Å². The average molecular weight is 192 g/mol. The third kappa shape index (κ3) is 2.14. The SMILES string of the molecule is CC(C)Cc1ccc(C2CC2)cc1F. The van der Waals surface area contributed by atoms with Crippen LogP contribution in [0.3, 0.4) is 0 Å².